The van der Waals surface area contributed by atoms with Gasteiger partial charge in [0, 0.05) is 6.54 Å². The van der Waals surface area contributed by atoms with Crippen LogP contribution >= 0.6 is 0 Å². The van der Waals surface area contributed by atoms with Crippen LogP contribution in [0.3, 0.4) is 0 Å². The topological polar surface area (TPSA) is 59.8 Å². The van der Waals surface area contributed by atoms with Crippen molar-refractivity contribution in [3.05, 3.63) is 60.1 Å². The molecule has 22 heavy (non-hydrogen) atoms. The van der Waals surface area contributed by atoms with Crippen LogP contribution in [0.2, 0.25) is 0 Å². The van der Waals surface area contributed by atoms with Crippen molar-refractivity contribution in [2.24, 2.45) is 0 Å². The first-order chi connectivity index (χ1) is 10.6. The van der Waals surface area contributed by atoms with E-state index in [1.807, 2.05) is 30.3 Å². The molecule has 5 nitrogen and oxygen atoms in total. The highest BCUT2D eigenvalue weighted by molar-refractivity contribution is 5.94. The van der Waals surface area contributed by atoms with Gasteiger partial charge in [-0.3, -0.25) is 4.79 Å². The Kier molecular flexibility index (Phi) is 5.36. The Labute approximate surface area is 129 Å². The van der Waals surface area contributed by atoms with Gasteiger partial charge in [0.1, 0.15) is 6.04 Å². The molecule has 1 aromatic carbocycles. The molecule has 5 heteroatoms. The van der Waals surface area contributed by atoms with E-state index in [0.29, 0.717) is 6.54 Å². The van der Waals surface area contributed by atoms with Gasteiger partial charge in [-0.15, -0.1) is 0 Å². The Morgan fingerprint density at radius 1 is 1.18 bits per heavy atom. The van der Waals surface area contributed by atoms with E-state index in [1.165, 1.54) is 11.2 Å². The Morgan fingerprint density at radius 2 is 1.91 bits per heavy atom. The molecule has 0 aliphatic heterocycles. The first-order valence-electron chi connectivity index (χ1n) is 7.18. The second kappa shape index (κ2) is 7.45. The number of benzene rings is 1. The van der Waals surface area contributed by atoms with Gasteiger partial charge in [-0.25, -0.2) is 4.79 Å². The maximum Gasteiger partial charge on any atom is 0.328 e. The summed E-state index contributed by atoms with van der Waals surface area (Å²) in [5.74, 6) is -0.570. The van der Waals surface area contributed by atoms with Crippen molar-refractivity contribution < 1.29 is 18.7 Å². The number of nitrogens with zero attached hydrogens (tertiary/aromatic N) is 1. The van der Waals surface area contributed by atoms with E-state index in [1.54, 1.807) is 26.0 Å². The number of hydrogen-bond donors (Lipinski definition) is 0. The zero-order valence-electron chi connectivity index (χ0n) is 12.7. The van der Waals surface area contributed by atoms with Gasteiger partial charge in [0.2, 0.25) is 0 Å². The number of furan rings is 1. The summed E-state index contributed by atoms with van der Waals surface area (Å²) in [6.07, 6.45) is 1.43. The van der Waals surface area contributed by atoms with E-state index >= 15 is 0 Å². The van der Waals surface area contributed by atoms with E-state index in [-0.39, 0.29) is 18.3 Å². The van der Waals surface area contributed by atoms with Crippen LogP contribution in [0.4, 0.5) is 0 Å². The summed E-state index contributed by atoms with van der Waals surface area (Å²) in [6.45, 7) is 3.97. The van der Waals surface area contributed by atoms with Gasteiger partial charge in [-0.1, -0.05) is 30.3 Å². The molecule has 0 saturated heterocycles. The average molecular weight is 301 g/mol. The second-order valence-corrected chi connectivity index (χ2v) is 4.82. The lowest BCUT2D eigenvalue weighted by molar-refractivity contribution is -0.148. The van der Waals surface area contributed by atoms with Gasteiger partial charge in [-0.2, -0.15) is 0 Å². The Balaban J connectivity index is 2.24. The standard InChI is InChI=1S/C17H19NO4/c1-3-21-17(20)13(2)18(12-14-8-5-4-6-9-14)16(19)15-10-7-11-22-15/h4-11,13H,3,12H2,1-2H3. The predicted octanol–water partition coefficient (Wildman–Crippen LogP) is 2.87. The lowest BCUT2D eigenvalue weighted by atomic mass is 10.1. The summed E-state index contributed by atoms with van der Waals surface area (Å²) in [6, 6.07) is 12.0. The molecule has 0 N–H and O–H groups in total. The van der Waals surface area contributed by atoms with Gasteiger partial charge < -0.3 is 14.1 Å². The van der Waals surface area contributed by atoms with Crippen LogP contribution in [0.1, 0.15) is 30.0 Å². The number of carbonyl (C=O) groups is 2. The molecule has 2 rings (SSSR count). The first-order valence-corrected chi connectivity index (χ1v) is 7.18. The SMILES string of the molecule is CCOC(=O)C(C)N(Cc1ccccc1)C(=O)c1ccco1. The average Bonchev–Trinajstić information content (AvgIpc) is 3.07. The van der Waals surface area contributed by atoms with Crippen LogP contribution in [-0.2, 0) is 16.1 Å². The summed E-state index contributed by atoms with van der Waals surface area (Å²) < 4.78 is 10.2. The third-order valence-electron chi connectivity index (χ3n) is 3.28. The molecular weight excluding hydrogens is 282 g/mol. The summed E-state index contributed by atoms with van der Waals surface area (Å²) in [5.41, 5.74) is 0.929. The molecule has 2 aromatic rings. The van der Waals surface area contributed by atoms with E-state index in [0.717, 1.165) is 5.56 Å². The number of esters is 1. The molecule has 1 amide bonds. The van der Waals surface area contributed by atoms with Crippen LogP contribution in [0, 0.1) is 0 Å². The van der Waals surface area contributed by atoms with Crippen molar-refractivity contribution in [3.63, 3.8) is 0 Å². The summed E-state index contributed by atoms with van der Waals surface area (Å²) in [7, 11) is 0. The minimum atomic E-state index is -0.697. The highest BCUT2D eigenvalue weighted by Gasteiger charge is 2.29. The van der Waals surface area contributed by atoms with Crippen molar-refractivity contribution in [3.8, 4) is 0 Å². The number of rotatable bonds is 6. The summed E-state index contributed by atoms with van der Waals surface area (Å²) >= 11 is 0. The monoisotopic (exact) mass is 301 g/mol. The molecule has 1 aromatic heterocycles. The highest BCUT2D eigenvalue weighted by atomic mass is 16.5. The Hall–Kier alpha value is -2.56. The minimum Gasteiger partial charge on any atom is -0.464 e. The molecule has 0 spiro atoms. The van der Waals surface area contributed by atoms with Gasteiger partial charge in [-0.05, 0) is 31.5 Å². The van der Waals surface area contributed by atoms with Crippen molar-refractivity contribution in [2.45, 2.75) is 26.4 Å². The fourth-order valence-electron chi connectivity index (χ4n) is 2.10. The molecule has 1 unspecified atom stereocenters. The molecule has 0 bridgehead atoms. The zero-order chi connectivity index (χ0) is 15.9. The second-order valence-electron chi connectivity index (χ2n) is 4.82. The van der Waals surface area contributed by atoms with Crippen molar-refractivity contribution in [1.29, 1.82) is 0 Å². The Morgan fingerprint density at radius 3 is 2.50 bits per heavy atom. The molecule has 0 radical (unpaired) electrons. The highest BCUT2D eigenvalue weighted by Crippen LogP contribution is 2.15. The maximum atomic E-state index is 12.6. The van der Waals surface area contributed by atoms with Crippen LogP contribution in [0.15, 0.2) is 53.1 Å². The van der Waals surface area contributed by atoms with Crippen molar-refractivity contribution >= 4 is 11.9 Å². The van der Waals surface area contributed by atoms with Crippen LogP contribution in [-0.4, -0.2) is 29.4 Å². The van der Waals surface area contributed by atoms with E-state index in [2.05, 4.69) is 0 Å². The molecule has 0 fully saturated rings. The van der Waals surface area contributed by atoms with E-state index in [9.17, 15) is 9.59 Å². The summed E-state index contributed by atoms with van der Waals surface area (Å²) in [5, 5.41) is 0. The van der Waals surface area contributed by atoms with Crippen LogP contribution in [0.5, 0.6) is 0 Å². The lowest BCUT2D eigenvalue weighted by Gasteiger charge is -2.27. The van der Waals surface area contributed by atoms with E-state index < -0.39 is 12.0 Å². The third-order valence-corrected chi connectivity index (χ3v) is 3.28. The molecular formula is C17H19NO4. The number of hydrogen-bond acceptors (Lipinski definition) is 4. The first kappa shape index (κ1) is 15.8. The molecule has 0 saturated carbocycles. The fraction of sp³-hybridized carbons (Fsp3) is 0.294. The molecule has 0 aliphatic rings. The minimum absolute atomic E-state index is 0.201. The van der Waals surface area contributed by atoms with Gasteiger partial charge in [0.25, 0.3) is 5.91 Å². The third kappa shape index (κ3) is 3.75. The predicted molar refractivity (Wildman–Crippen MR) is 81.1 cm³/mol. The zero-order valence-corrected chi connectivity index (χ0v) is 12.7. The van der Waals surface area contributed by atoms with Crippen molar-refractivity contribution in [2.75, 3.05) is 6.61 Å². The molecule has 116 valence electrons. The van der Waals surface area contributed by atoms with Crippen LogP contribution < -0.4 is 0 Å². The van der Waals surface area contributed by atoms with E-state index in [4.69, 9.17) is 9.15 Å². The lowest BCUT2D eigenvalue weighted by Crippen LogP contribution is -2.43. The van der Waals surface area contributed by atoms with Crippen molar-refractivity contribution in [1.82, 2.24) is 4.90 Å². The van der Waals surface area contributed by atoms with Gasteiger partial charge in [0.15, 0.2) is 5.76 Å². The number of carbonyl (C=O) groups excluding carboxylic acids is 2. The summed E-state index contributed by atoms with van der Waals surface area (Å²) in [4.78, 5) is 26.0. The number of ether oxygens (including phenoxy) is 1. The largest absolute Gasteiger partial charge is 0.464 e. The van der Waals surface area contributed by atoms with Gasteiger partial charge >= 0.3 is 5.97 Å². The normalized spacial score (nSPS) is 11.7. The molecule has 0 aliphatic carbocycles. The fourth-order valence-corrected chi connectivity index (χ4v) is 2.10. The molecule has 1 heterocycles. The maximum absolute atomic E-state index is 12.6. The van der Waals surface area contributed by atoms with Gasteiger partial charge in [0.05, 0.1) is 12.9 Å². The number of amides is 1. The van der Waals surface area contributed by atoms with Crippen LogP contribution in [0.25, 0.3) is 0 Å². The quantitative estimate of drug-likeness (QED) is 0.770. The molecule has 1 atom stereocenters. The smallest absolute Gasteiger partial charge is 0.328 e. The Bertz CT molecular complexity index is 607.